The van der Waals surface area contributed by atoms with Crippen LogP contribution in [0.5, 0.6) is 0 Å². The third-order valence-corrected chi connectivity index (χ3v) is 0.835. The van der Waals surface area contributed by atoms with Gasteiger partial charge in [0.1, 0.15) is 0 Å². The van der Waals surface area contributed by atoms with Gasteiger partial charge in [0.05, 0.1) is 6.34 Å². The number of hydrogen-bond donors (Lipinski definition) is 1. The molecule has 3 rings (SSSR count). The topological polar surface area (TPSA) is 46.0 Å². The molecule has 3 aliphatic heterocycles. The zero-order valence-corrected chi connectivity index (χ0v) is 3.46. The Kier molecular flexibility index (Phi) is 0.334. The van der Waals surface area contributed by atoms with E-state index in [4.69, 9.17) is 4.74 Å². The van der Waals surface area contributed by atoms with Crippen molar-refractivity contribution >= 4 is 12.4 Å². The Morgan fingerprint density at radius 2 is 2.71 bits per heavy atom. The van der Waals surface area contributed by atoms with Crippen molar-refractivity contribution in [3.8, 4) is 0 Å². The fourth-order valence-corrected chi connectivity index (χ4v) is 0.499. The molecule has 0 aromatic heterocycles. The molecule has 0 spiro atoms. The summed E-state index contributed by atoms with van der Waals surface area (Å²) in [4.78, 5) is 7.56. The highest BCUT2D eigenvalue weighted by Crippen LogP contribution is 2.09. The summed E-state index contributed by atoms with van der Waals surface area (Å²) in [6, 6.07) is 0.583. The van der Waals surface area contributed by atoms with Crippen molar-refractivity contribution in [1.82, 2.24) is 5.32 Å². The summed E-state index contributed by atoms with van der Waals surface area (Å²) in [6.45, 7) is 0. The van der Waals surface area contributed by atoms with E-state index in [1.54, 1.807) is 6.34 Å². The number of nitrogens with zero attached hydrogens (tertiary/aromatic N) is 2. The van der Waals surface area contributed by atoms with Crippen molar-refractivity contribution in [1.29, 1.82) is 0 Å². The van der Waals surface area contributed by atoms with Crippen molar-refractivity contribution in [2.45, 2.75) is 6.35 Å². The molecule has 0 aliphatic carbocycles. The van der Waals surface area contributed by atoms with Crippen LogP contribution in [0.1, 0.15) is 0 Å². The molecule has 4 heteroatoms. The molecule has 36 valence electrons. The standard InChI is InChI=1S/C3H3N3O/c1-4-2-6-3(5-1)7-2/h1-2H,(H,4,5,6). The molecule has 3 aliphatic rings. The summed E-state index contributed by atoms with van der Waals surface area (Å²) >= 11 is 0. The highest BCUT2D eigenvalue weighted by Gasteiger charge is 2.23. The van der Waals surface area contributed by atoms with Crippen LogP contribution in [0, 0.1) is 0 Å². The van der Waals surface area contributed by atoms with Gasteiger partial charge >= 0.3 is 0 Å². The van der Waals surface area contributed by atoms with Gasteiger partial charge in [-0.15, -0.1) is 0 Å². The lowest BCUT2D eigenvalue weighted by molar-refractivity contribution is 0.138. The van der Waals surface area contributed by atoms with Gasteiger partial charge < -0.3 is 10.1 Å². The number of ether oxygens (including phenoxy) is 1. The van der Waals surface area contributed by atoms with Crippen molar-refractivity contribution in [3.05, 3.63) is 0 Å². The van der Waals surface area contributed by atoms with Crippen LogP contribution >= 0.6 is 0 Å². The van der Waals surface area contributed by atoms with Crippen LogP contribution in [-0.4, -0.2) is 18.7 Å². The molecule has 2 bridgehead atoms. The highest BCUT2D eigenvalue weighted by molar-refractivity contribution is 5.90. The minimum atomic E-state index is -0.226. The van der Waals surface area contributed by atoms with Crippen LogP contribution in [0.3, 0.4) is 0 Å². The monoisotopic (exact) mass is 97.0 g/mol. The lowest BCUT2D eigenvalue weighted by Gasteiger charge is -2.24. The first kappa shape index (κ1) is 3.01. The van der Waals surface area contributed by atoms with Gasteiger partial charge in [-0.2, -0.15) is 4.99 Å². The van der Waals surface area contributed by atoms with Crippen LogP contribution in [0.15, 0.2) is 9.98 Å². The van der Waals surface area contributed by atoms with E-state index >= 15 is 0 Å². The van der Waals surface area contributed by atoms with E-state index in [0.717, 1.165) is 0 Å². The lowest BCUT2D eigenvalue weighted by atomic mass is 10.7. The van der Waals surface area contributed by atoms with Crippen molar-refractivity contribution in [3.63, 3.8) is 0 Å². The largest absolute Gasteiger partial charge is 0.418 e. The summed E-state index contributed by atoms with van der Waals surface area (Å²) in [5, 5.41) is 2.68. The summed E-state index contributed by atoms with van der Waals surface area (Å²) < 4.78 is 4.82. The summed E-state index contributed by atoms with van der Waals surface area (Å²) in [6.07, 6.45) is 1.35. The number of rotatable bonds is 0. The number of aliphatic imine (C=N–C) groups is 2. The molecular formula is C3H3N3O. The first-order valence-corrected chi connectivity index (χ1v) is 1.98. The smallest absolute Gasteiger partial charge is 0.298 e. The Balaban J connectivity index is 2.33. The van der Waals surface area contributed by atoms with E-state index in [-0.39, 0.29) is 6.35 Å². The summed E-state index contributed by atoms with van der Waals surface area (Å²) in [5.41, 5.74) is 0. The van der Waals surface area contributed by atoms with Gasteiger partial charge in [0.2, 0.25) is 0 Å². The maximum atomic E-state index is 4.82. The van der Waals surface area contributed by atoms with E-state index in [1.165, 1.54) is 0 Å². The molecule has 0 radical (unpaired) electrons. The Hall–Kier alpha value is -1.06. The zero-order chi connectivity index (χ0) is 4.69. The zero-order valence-electron chi connectivity index (χ0n) is 3.46. The lowest BCUT2D eigenvalue weighted by Crippen LogP contribution is -2.42. The summed E-state index contributed by atoms with van der Waals surface area (Å²) in [5.74, 6) is 0. The maximum Gasteiger partial charge on any atom is 0.298 e. The van der Waals surface area contributed by atoms with Gasteiger partial charge in [0, 0.05) is 0 Å². The van der Waals surface area contributed by atoms with E-state index in [0.29, 0.717) is 6.02 Å². The van der Waals surface area contributed by atoms with Crippen molar-refractivity contribution in [2.75, 3.05) is 0 Å². The van der Waals surface area contributed by atoms with Crippen molar-refractivity contribution in [2.24, 2.45) is 9.98 Å². The molecule has 1 unspecified atom stereocenters. The predicted octanol–water partition coefficient (Wildman–Crippen LogP) is -0.712. The second kappa shape index (κ2) is 0.776. The molecule has 3 heterocycles. The molecule has 1 atom stereocenters. The number of nitrogens with one attached hydrogen (secondary N) is 1. The minimum Gasteiger partial charge on any atom is -0.418 e. The Morgan fingerprint density at radius 1 is 1.86 bits per heavy atom. The van der Waals surface area contributed by atoms with E-state index in [2.05, 4.69) is 15.3 Å². The highest BCUT2D eigenvalue weighted by atomic mass is 16.6. The molecular weight excluding hydrogens is 94.1 g/mol. The van der Waals surface area contributed by atoms with Gasteiger partial charge in [-0.25, -0.2) is 4.99 Å². The Labute approximate surface area is 39.9 Å². The minimum absolute atomic E-state index is 0.226. The fourth-order valence-electron chi connectivity index (χ4n) is 0.499. The van der Waals surface area contributed by atoms with Crippen LogP contribution in [0.4, 0.5) is 0 Å². The van der Waals surface area contributed by atoms with Gasteiger partial charge in [0.15, 0.2) is 0 Å². The van der Waals surface area contributed by atoms with Crippen LogP contribution in [0.25, 0.3) is 0 Å². The summed E-state index contributed by atoms with van der Waals surface area (Å²) in [7, 11) is 0. The SMILES string of the molecule is C1=NC2N=C(N1)O2. The third-order valence-electron chi connectivity index (χ3n) is 0.835. The molecule has 0 saturated heterocycles. The maximum absolute atomic E-state index is 4.82. The number of hydrogen-bond acceptors (Lipinski definition) is 4. The predicted molar refractivity (Wildman–Crippen MR) is 23.9 cm³/mol. The quantitative estimate of drug-likeness (QED) is 0.434. The first-order valence-electron chi connectivity index (χ1n) is 1.98. The van der Waals surface area contributed by atoms with E-state index in [1.807, 2.05) is 0 Å². The van der Waals surface area contributed by atoms with Crippen LogP contribution < -0.4 is 5.32 Å². The second-order valence-electron chi connectivity index (χ2n) is 1.30. The molecule has 0 fully saturated rings. The molecule has 0 aromatic rings. The second-order valence-corrected chi connectivity index (χ2v) is 1.30. The average molecular weight is 97.1 g/mol. The van der Waals surface area contributed by atoms with E-state index < -0.39 is 0 Å². The molecule has 0 amide bonds. The van der Waals surface area contributed by atoms with Gasteiger partial charge in [0.25, 0.3) is 12.4 Å². The number of fused-ring (bicyclic) bond motifs is 1. The molecule has 0 saturated carbocycles. The van der Waals surface area contributed by atoms with Crippen molar-refractivity contribution < 1.29 is 4.74 Å². The molecule has 1 N–H and O–H groups in total. The van der Waals surface area contributed by atoms with Gasteiger partial charge in [-0.05, 0) is 0 Å². The normalized spacial score (nSPS) is 32.0. The van der Waals surface area contributed by atoms with E-state index in [9.17, 15) is 0 Å². The molecule has 0 aromatic carbocycles. The average Bonchev–Trinajstić information content (AvgIpc) is 1.67. The van der Waals surface area contributed by atoms with Gasteiger partial charge in [-0.1, -0.05) is 0 Å². The Bertz CT molecular complexity index is 150. The number of amidine groups is 1. The van der Waals surface area contributed by atoms with Crippen LogP contribution in [-0.2, 0) is 4.74 Å². The van der Waals surface area contributed by atoms with Gasteiger partial charge in [-0.3, -0.25) is 0 Å². The Morgan fingerprint density at radius 3 is 2.86 bits per heavy atom. The first-order chi connectivity index (χ1) is 3.45. The molecule has 7 heavy (non-hydrogen) atoms. The third kappa shape index (κ3) is 0.255. The fraction of sp³-hybridized carbons (Fsp3) is 0.333. The van der Waals surface area contributed by atoms with Crippen LogP contribution in [0.2, 0.25) is 0 Å². The molecule has 4 nitrogen and oxygen atoms in total.